The van der Waals surface area contributed by atoms with E-state index in [4.69, 9.17) is 0 Å². The van der Waals surface area contributed by atoms with Gasteiger partial charge in [0.25, 0.3) is 0 Å². The number of nitrogens with one attached hydrogen (secondary N) is 2. The van der Waals surface area contributed by atoms with Gasteiger partial charge in [0.15, 0.2) is 0 Å². The van der Waals surface area contributed by atoms with Crippen LogP contribution in [0, 0.1) is 0 Å². The van der Waals surface area contributed by atoms with Crippen LogP contribution in [0.5, 0.6) is 0 Å². The zero-order chi connectivity index (χ0) is 14.0. The van der Waals surface area contributed by atoms with Crippen LogP contribution in [0.15, 0.2) is 6.20 Å². The van der Waals surface area contributed by atoms with E-state index in [0.717, 1.165) is 17.8 Å². The van der Waals surface area contributed by atoms with Crippen molar-refractivity contribution in [1.82, 2.24) is 15.6 Å². The molecular weight excluding hydrogens is 258 g/mol. The van der Waals surface area contributed by atoms with Gasteiger partial charge in [0.1, 0.15) is 0 Å². The van der Waals surface area contributed by atoms with Gasteiger partial charge >= 0.3 is 0 Å². The third-order valence-corrected chi connectivity index (χ3v) is 4.52. The number of hydrogen-bond donors (Lipinski definition) is 2. The minimum absolute atomic E-state index is 0.0951. The molecule has 1 atom stereocenters. The summed E-state index contributed by atoms with van der Waals surface area (Å²) in [6.45, 7) is 9.09. The van der Waals surface area contributed by atoms with Crippen LogP contribution in [0.2, 0.25) is 0 Å². The lowest BCUT2D eigenvalue weighted by atomic mass is 9.98. The lowest BCUT2D eigenvalue weighted by Gasteiger charge is -2.14. The standard InChI is InChI=1S/C14H23N3OS/c1-9(12(18)17-10-5-6-10)15-7-11-8-16-13(19-11)14(2,3)4/h8-10,15H,5-7H2,1-4H3,(H,17,18). The van der Waals surface area contributed by atoms with Gasteiger partial charge in [0.05, 0.1) is 11.0 Å². The van der Waals surface area contributed by atoms with E-state index in [2.05, 4.69) is 36.4 Å². The van der Waals surface area contributed by atoms with Crippen molar-refractivity contribution in [2.45, 2.75) is 64.6 Å². The van der Waals surface area contributed by atoms with Crippen LogP contribution in [0.3, 0.4) is 0 Å². The Hall–Kier alpha value is -0.940. The van der Waals surface area contributed by atoms with Crippen LogP contribution in [0.4, 0.5) is 0 Å². The second-order valence-electron chi connectivity index (χ2n) is 6.27. The van der Waals surface area contributed by atoms with Crippen LogP contribution in [-0.4, -0.2) is 23.0 Å². The van der Waals surface area contributed by atoms with E-state index < -0.39 is 0 Å². The lowest BCUT2D eigenvalue weighted by molar-refractivity contribution is -0.122. The molecule has 2 N–H and O–H groups in total. The molecule has 0 saturated heterocycles. The van der Waals surface area contributed by atoms with Crippen LogP contribution < -0.4 is 10.6 Å². The van der Waals surface area contributed by atoms with E-state index in [1.54, 1.807) is 11.3 Å². The SMILES string of the molecule is CC(NCc1cnc(C(C)(C)C)s1)C(=O)NC1CC1. The fourth-order valence-corrected chi connectivity index (χ4v) is 2.56. The monoisotopic (exact) mass is 281 g/mol. The Morgan fingerprint density at radius 1 is 1.53 bits per heavy atom. The molecule has 1 aromatic heterocycles. The van der Waals surface area contributed by atoms with Crippen molar-refractivity contribution in [3.05, 3.63) is 16.1 Å². The van der Waals surface area contributed by atoms with Crippen molar-refractivity contribution in [3.8, 4) is 0 Å². The highest BCUT2D eigenvalue weighted by Crippen LogP contribution is 2.26. The molecule has 1 heterocycles. The molecule has 106 valence electrons. The highest BCUT2D eigenvalue weighted by Gasteiger charge is 2.25. The Bertz CT molecular complexity index is 446. The molecule has 0 bridgehead atoms. The molecular formula is C14H23N3OS. The van der Waals surface area contributed by atoms with E-state index in [1.165, 1.54) is 4.88 Å². The van der Waals surface area contributed by atoms with Gasteiger partial charge in [-0.2, -0.15) is 0 Å². The minimum atomic E-state index is -0.152. The average Bonchev–Trinajstić information content (AvgIpc) is 2.99. The molecule has 1 unspecified atom stereocenters. The molecule has 2 rings (SSSR count). The van der Waals surface area contributed by atoms with Gasteiger partial charge in [0.2, 0.25) is 5.91 Å². The largest absolute Gasteiger partial charge is 0.352 e. The molecule has 0 spiro atoms. The first-order chi connectivity index (χ1) is 8.86. The molecule has 0 aromatic carbocycles. The van der Waals surface area contributed by atoms with Gasteiger partial charge in [-0.1, -0.05) is 20.8 Å². The molecule has 1 aliphatic carbocycles. The number of carbonyl (C=O) groups is 1. The molecule has 1 saturated carbocycles. The van der Waals surface area contributed by atoms with Crippen molar-refractivity contribution in [3.63, 3.8) is 0 Å². The van der Waals surface area contributed by atoms with E-state index in [-0.39, 0.29) is 17.4 Å². The normalized spacial score (nSPS) is 17.3. The average molecular weight is 281 g/mol. The van der Waals surface area contributed by atoms with Gasteiger partial charge in [-0.25, -0.2) is 4.98 Å². The Labute approximate surface area is 119 Å². The zero-order valence-electron chi connectivity index (χ0n) is 12.1. The first-order valence-corrected chi connectivity index (χ1v) is 7.67. The van der Waals surface area contributed by atoms with E-state index in [9.17, 15) is 4.79 Å². The summed E-state index contributed by atoms with van der Waals surface area (Å²) in [7, 11) is 0. The summed E-state index contributed by atoms with van der Waals surface area (Å²) in [5.41, 5.74) is 0.0951. The van der Waals surface area contributed by atoms with Crippen LogP contribution >= 0.6 is 11.3 Å². The van der Waals surface area contributed by atoms with Gasteiger partial charge in [-0.05, 0) is 19.8 Å². The van der Waals surface area contributed by atoms with E-state index in [1.807, 2.05) is 13.1 Å². The van der Waals surface area contributed by atoms with Gasteiger partial charge in [-0.15, -0.1) is 11.3 Å². The fourth-order valence-electron chi connectivity index (χ4n) is 1.64. The molecule has 0 aliphatic heterocycles. The van der Waals surface area contributed by atoms with E-state index in [0.29, 0.717) is 12.6 Å². The number of amides is 1. The van der Waals surface area contributed by atoms with Crippen LogP contribution in [-0.2, 0) is 16.8 Å². The molecule has 1 aliphatic rings. The summed E-state index contributed by atoms with van der Waals surface area (Å²) in [5.74, 6) is 0.100. The maximum Gasteiger partial charge on any atom is 0.237 e. The van der Waals surface area contributed by atoms with Gasteiger partial charge in [-0.3, -0.25) is 4.79 Å². The van der Waals surface area contributed by atoms with Crippen LogP contribution in [0.1, 0.15) is 50.4 Å². The first-order valence-electron chi connectivity index (χ1n) is 6.85. The van der Waals surface area contributed by atoms with Crippen molar-refractivity contribution in [1.29, 1.82) is 0 Å². The summed E-state index contributed by atoms with van der Waals surface area (Å²) in [4.78, 5) is 17.4. The first kappa shape index (κ1) is 14.5. The topological polar surface area (TPSA) is 54.0 Å². The van der Waals surface area contributed by atoms with Crippen molar-refractivity contribution < 1.29 is 4.79 Å². The Kier molecular flexibility index (Phi) is 4.26. The molecule has 19 heavy (non-hydrogen) atoms. The smallest absolute Gasteiger partial charge is 0.237 e. The third kappa shape index (κ3) is 4.28. The minimum Gasteiger partial charge on any atom is -0.352 e. The number of carbonyl (C=O) groups excluding carboxylic acids is 1. The molecule has 1 aromatic rings. The molecule has 0 radical (unpaired) electrons. The highest BCUT2D eigenvalue weighted by atomic mass is 32.1. The van der Waals surface area contributed by atoms with Gasteiger partial charge in [0, 0.05) is 29.1 Å². The molecule has 4 nitrogen and oxygen atoms in total. The Morgan fingerprint density at radius 2 is 2.21 bits per heavy atom. The number of hydrogen-bond acceptors (Lipinski definition) is 4. The quantitative estimate of drug-likeness (QED) is 0.870. The van der Waals surface area contributed by atoms with Crippen molar-refractivity contribution >= 4 is 17.2 Å². The molecule has 1 amide bonds. The Balaban J connectivity index is 1.81. The number of nitrogens with zero attached hydrogens (tertiary/aromatic N) is 1. The predicted molar refractivity (Wildman–Crippen MR) is 78.3 cm³/mol. The van der Waals surface area contributed by atoms with E-state index >= 15 is 0 Å². The third-order valence-electron chi connectivity index (χ3n) is 3.09. The summed E-state index contributed by atoms with van der Waals surface area (Å²) in [5, 5.41) is 7.40. The fraction of sp³-hybridized carbons (Fsp3) is 0.714. The summed E-state index contributed by atoms with van der Waals surface area (Å²) < 4.78 is 0. The summed E-state index contributed by atoms with van der Waals surface area (Å²) in [6.07, 6.45) is 4.16. The summed E-state index contributed by atoms with van der Waals surface area (Å²) in [6, 6.07) is 0.272. The lowest BCUT2D eigenvalue weighted by Crippen LogP contribution is -2.42. The zero-order valence-corrected chi connectivity index (χ0v) is 12.9. The second kappa shape index (κ2) is 5.59. The number of aromatic nitrogens is 1. The van der Waals surface area contributed by atoms with Crippen molar-refractivity contribution in [2.24, 2.45) is 0 Å². The Morgan fingerprint density at radius 3 is 2.74 bits per heavy atom. The number of thiazole rings is 1. The molecule has 1 fully saturated rings. The van der Waals surface area contributed by atoms with Gasteiger partial charge < -0.3 is 10.6 Å². The maximum absolute atomic E-state index is 11.8. The predicted octanol–water partition coefficient (Wildman–Crippen LogP) is 2.20. The van der Waals surface area contributed by atoms with Crippen molar-refractivity contribution in [2.75, 3.05) is 0 Å². The second-order valence-corrected chi connectivity index (χ2v) is 7.38. The highest BCUT2D eigenvalue weighted by molar-refractivity contribution is 7.11. The number of rotatable bonds is 5. The molecule has 5 heteroatoms. The maximum atomic E-state index is 11.8. The van der Waals surface area contributed by atoms with Crippen LogP contribution in [0.25, 0.3) is 0 Å². The summed E-state index contributed by atoms with van der Waals surface area (Å²) >= 11 is 1.71.